The molecule has 0 saturated carbocycles. The van der Waals surface area contributed by atoms with Gasteiger partial charge in [-0.05, 0) is 41.8 Å². The Morgan fingerprint density at radius 2 is 1.38 bits per heavy atom. The number of rotatable bonds is 7. The fourth-order valence-corrected chi connectivity index (χ4v) is 3.04. The number of carbonyl (C=O) groups is 2. The Balaban J connectivity index is 1.78. The Labute approximate surface area is 169 Å². The van der Waals surface area contributed by atoms with Crippen LogP contribution in [-0.4, -0.2) is 18.0 Å². The van der Waals surface area contributed by atoms with Gasteiger partial charge in [-0.15, -0.1) is 0 Å². The molecule has 4 nitrogen and oxygen atoms in total. The zero-order valence-electron chi connectivity index (χ0n) is 16.0. The second kappa shape index (κ2) is 9.64. The molecule has 3 aromatic rings. The lowest BCUT2D eigenvalue weighted by Crippen LogP contribution is -2.34. The van der Waals surface area contributed by atoms with Crippen LogP contribution in [0.15, 0.2) is 84.9 Å². The summed E-state index contributed by atoms with van der Waals surface area (Å²) in [7, 11) is 0. The van der Waals surface area contributed by atoms with Crippen LogP contribution in [0, 0.1) is 5.82 Å². The molecule has 1 amide bonds. The van der Waals surface area contributed by atoms with Crippen molar-refractivity contribution in [3.8, 4) is 0 Å². The average molecular weight is 391 g/mol. The van der Waals surface area contributed by atoms with Crippen LogP contribution in [0.3, 0.4) is 0 Å². The molecular formula is C24H22FNO3. The fourth-order valence-electron chi connectivity index (χ4n) is 3.04. The van der Waals surface area contributed by atoms with Crippen LogP contribution in [-0.2, 0) is 14.3 Å². The summed E-state index contributed by atoms with van der Waals surface area (Å²) in [5.74, 6) is -1.98. The lowest BCUT2D eigenvalue weighted by atomic mass is 9.91. The summed E-state index contributed by atoms with van der Waals surface area (Å²) in [6.07, 6.45) is -0.641. The van der Waals surface area contributed by atoms with Crippen LogP contribution in [0.4, 0.5) is 10.1 Å². The first-order valence-electron chi connectivity index (χ1n) is 9.45. The topological polar surface area (TPSA) is 55.4 Å². The maximum atomic E-state index is 13.1. The average Bonchev–Trinajstić information content (AvgIpc) is 2.75. The number of ether oxygens (including phenoxy) is 1. The van der Waals surface area contributed by atoms with Crippen molar-refractivity contribution in [2.45, 2.75) is 25.4 Å². The smallest absolute Gasteiger partial charge is 0.318 e. The van der Waals surface area contributed by atoms with Crippen molar-refractivity contribution in [2.75, 3.05) is 5.32 Å². The number of esters is 1. The van der Waals surface area contributed by atoms with Gasteiger partial charge in [0.25, 0.3) is 5.91 Å². The highest BCUT2D eigenvalue weighted by molar-refractivity contribution is 5.96. The van der Waals surface area contributed by atoms with Crippen LogP contribution in [0.5, 0.6) is 0 Å². The molecule has 0 unspecified atom stereocenters. The molecule has 0 saturated heterocycles. The normalized spacial score (nSPS) is 11.7. The molecule has 29 heavy (non-hydrogen) atoms. The van der Waals surface area contributed by atoms with Crippen LogP contribution in [0.2, 0.25) is 0 Å². The van der Waals surface area contributed by atoms with Gasteiger partial charge in [0, 0.05) is 5.69 Å². The summed E-state index contributed by atoms with van der Waals surface area (Å²) >= 11 is 0. The van der Waals surface area contributed by atoms with E-state index in [9.17, 15) is 14.0 Å². The summed E-state index contributed by atoms with van der Waals surface area (Å²) in [6.45, 7) is 1.77. The van der Waals surface area contributed by atoms with Crippen LogP contribution in [0.25, 0.3) is 0 Å². The van der Waals surface area contributed by atoms with Gasteiger partial charge in [0.2, 0.25) is 0 Å². The van der Waals surface area contributed by atoms with Crippen molar-refractivity contribution in [2.24, 2.45) is 0 Å². The zero-order chi connectivity index (χ0) is 20.6. The molecule has 1 atom stereocenters. The molecule has 3 aromatic carbocycles. The van der Waals surface area contributed by atoms with E-state index in [1.807, 2.05) is 60.7 Å². The maximum absolute atomic E-state index is 13.1. The number of carbonyl (C=O) groups excluding carboxylic acids is 2. The standard InChI is InChI=1S/C24H22FNO3/c1-2-21(23(27)26-20-15-13-19(25)14-16-20)29-24(28)22(17-9-5-3-6-10-17)18-11-7-4-8-12-18/h3-16,21-22H,2H2,1H3,(H,26,27)/t21-/m0/s1. The van der Waals surface area contributed by atoms with Crippen LogP contribution >= 0.6 is 0 Å². The van der Waals surface area contributed by atoms with Crippen molar-refractivity contribution in [1.29, 1.82) is 0 Å². The van der Waals surface area contributed by atoms with Gasteiger partial charge in [0.05, 0.1) is 0 Å². The highest BCUT2D eigenvalue weighted by Crippen LogP contribution is 2.27. The summed E-state index contributed by atoms with van der Waals surface area (Å²) in [5, 5.41) is 2.66. The third kappa shape index (κ3) is 5.29. The molecule has 148 valence electrons. The summed E-state index contributed by atoms with van der Waals surface area (Å²) in [5.41, 5.74) is 2.02. The van der Waals surface area contributed by atoms with Crippen molar-refractivity contribution < 1.29 is 18.7 Å². The van der Waals surface area contributed by atoms with Gasteiger partial charge in [0.15, 0.2) is 6.10 Å². The molecule has 0 fully saturated rings. The van der Waals surface area contributed by atoms with Crippen molar-refractivity contribution in [1.82, 2.24) is 0 Å². The van der Waals surface area contributed by atoms with E-state index in [1.54, 1.807) is 6.92 Å². The van der Waals surface area contributed by atoms with Gasteiger partial charge in [0.1, 0.15) is 11.7 Å². The molecule has 0 aliphatic heterocycles. The zero-order valence-corrected chi connectivity index (χ0v) is 16.0. The monoisotopic (exact) mass is 391 g/mol. The Kier molecular flexibility index (Phi) is 6.74. The van der Waals surface area contributed by atoms with E-state index in [2.05, 4.69) is 5.32 Å². The predicted octanol–water partition coefficient (Wildman–Crippen LogP) is 4.92. The Morgan fingerprint density at radius 1 is 0.862 bits per heavy atom. The number of benzene rings is 3. The van der Waals surface area contributed by atoms with E-state index in [4.69, 9.17) is 4.74 Å². The Bertz CT molecular complexity index is 903. The van der Waals surface area contributed by atoms with E-state index in [1.165, 1.54) is 24.3 Å². The molecule has 0 aliphatic carbocycles. The first kappa shape index (κ1) is 20.3. The fraction of sp³-hybridized carbons (Fsp3) is 0.167. The lowest BCUT2D eigenvalue weighted by molar-refractivity contribution is -0.155. The predicted molar refractivity (Wildman–Crippen MR) is 110 cm³/mol. The molecular weight excluding hydrogens is 369 g/mol. The van der Waals surface area contributed by atoms with E-state index >= 15 is 0 Å². The van der Waals surface area contributed by atoms with Gasteiger partial charge in [-0.25, -0.2) is 4.39 Å². The number of hydrogen-bond donors (Lipinski definition) is 1. The quantitative estimate of drug-likeness (QED) is 0.582. The molecule has 0 radical (unpaired) electrons. The van der Waals surface area contributed by atoms with Crippen molar-refractivity contribution in [3.05, 3.63) is 102 Å². The Morgan fingerprint density at radius 3 is 1.86 bits per heavy atom. The van der Waals surface area contributed by atoms with Crippen molar-refractivity contribution in [3.63, 3.8) is 0 Å². The van der Waals surface area contributed by atoms with E-state index in [0.29, 0.717) is 12.1 Å². The third-order valence-electron chi connectivity index (χ3n) is 4.53. The number of nitrogens with one attached hydrogen (secondary N) is 1. The summed E-state index contributed by atoms with van der Waals surface area (Å²) < 4.78 is 18.7. The first-order chi connectivity index (χ1) is 14.1. The first-order valence-corrected chi connectivity index (χ1v) is 9.45. The minimum atomic E-state index is -0.956. The highest BCUT2D eigenvalue weighted by Gasteiger charge is 2.29. The van der Waals surface area contributed by atoms with Gasteiger partial charge >= 0.3 is 5.97 Å². The second-order valence-corrected chi connectivity index (χ2v) is 6.58. The van der Waals surface area contributed by atoms with Gasteiger partial charge < -0.3 is 10.1 Å². The molecule has 5 heteroatoms. The maximum Gasteiger partial charge on any atom is 0.318 e. The summed E-state index contributed by atoms with van der Waals surface area (Å²) in [4.78, 5) is 25.6. The highest BCUT2D eigenvalue weighted by atomic mass is 19.1. The Hall–Kier alpha value is -3.47. The largest absolute Gasteiger partial charge is 0.452 e. The molecule has 0 aromatic heterocycles. The number of hydrogen-bond acceptors (Lipinski definition) is 3. The van der Waals surface area contributed by atoms with Crippen LogP contribution in [0.1, 0.15) is 30.4 Å². The number of anilines is 1. The molecule has 1 N–H and O–H groups in total. The molecule has 0 aliphatic rings. The van der Waals surface area contributed by atoms with E-state index in [0.717, 1.165) is 11.1 Å². The van der Waals surface area contributed by atoms with Crippen LogP contribution < -0.4 is 5.32 Å². The molecule has 0 spiro atoms. The SMILES string of the molecule is CC[C@H](OC(=O)C(c1ccccc1)c1ccccc1)C(=O)Nc1ccc(F)cc1. The van der Waals surface area contributed by atoms with Crippen molar-refractivity contribution >= 4 is 17.6 Å². The third-order valence-corrected chi connectivity index (χ3v) is 4.53. The number of amides is 1. The van der Waals surface area contributed by atoms with Gasteiger partial charge in [-0.1, -0.05) is 67.6 Å². The molecule has 0 bridgehead atoms. The lowest BCUT2D eigenvalue weighted by Gasteiger charge is -2.21. The van der Waals surface area contributed by atoms with Gasteiger partial charge in [-0.3, -0.25) is 9.59 Å². The number of halogens is 1. The van der Waals surface area contributed by atoms with E-state index < -0.39 is 29.7 Å². The minimum Gasteiger partial charge on any atom is -0.452 e. The minimum absolute atomic E-state index is 0.315. The summed E-state index contributed by atoms with van der Waals surface area (Å²) in [6, 6.07) is 24.0. The molecule has 3 rings (SSSR count). The second-order valence-electron chi connectivity index (χ2n) is 6.58. The van der Waals surface area contributed by atoms with Gasteiger partial charge in [-0.2, -0.15) is 0 Å². The molecule has 0 heterocycles. The van der Waals surface area contributed by atoms with E-state index in [-0.39, 0.29) is 0 Å².